The summed E-state index contributed by atoms with van der Waals surface area (Å²) in [6, 6.07) is 4.23. The van der Waals surface area contributed by atoms with Gasteiger partial charge in [-0.3, -0.25) is 9.59 Å². The van der Waals surface area contributed by atoms with Gasteiger partial charge < -0.3 is 24.7 Å². The van der Waals surface area contributed by atoms with Crippen molar-refractivity contribution < 1.29 is 14.3 Å². The van der Waals surface area contributed by atoms with Crippen molar-refractivity contribution in [2.24, 2.45) is 5.92 Å². The number of fused-ring (bicyclic) bond motifs is 1. The number of H-pyrrole nitrogens is 1. The highest BCUT2D eigenvalue weighted by Crippen LogP contribution is 2.45. The smallest absolute Gasteiger partial charge is 0.253 e. The van der Waals surface area contributed by atoms with Crippen molar-refractivity contribution >= 4 is 17.5 Å². The lowest BCUT2D eigenvalue weighted by Crippen LogP contribution is -2.42. The number of aromatic nitrogens is 1. The molecule has 0 bridgehead atoms. The monoisotopic (exact) mass is 513 g/mol. The quantitative estimate of drug-likeness (QED) is 0.606. The molecule has 5 rings (SSSR count). The Morgan fingerprint density at radius 1 is 1.11 bits per heavy atom. The number of likely N-dealkylation sites (tertiary alicyclic amines) is 1. The van der Waals surface area contributed by atoms with E-state index in [0.717, 1.165) is 24.1 Å². The predicted octanol–water partition coefficient (Wildman–Crippen LogP) is 4.68. The van der Waals surface area contributed by atoms with E-state index in [0.29, 0.717) is 51.8 Å². The Kier molecular flexibility index (Phi) is 7.31. The zero-order valence-electron chi connectivity index (χ0n) is 21.4. The number of pyridine rings is 1. The standard InChI is InChI=1S/C28H36ClN3O4/c1-16-12-17(2)31-28(34)22(16)14-30-27(33)21-13-23(29)26-25(18(21)3)36-24(15-35-26)19-6-8-20(9-7-19)32-10-4-5-11-32/h12-13,19-20,24H,4-11,14-15H2,1-3H3,(H,30,33)(H,31,34). The molecule has 8 heteroatoms. The van der Waals surface area contributed by atoms with E-state index in [1.807, 2.05) is 26.8 Å². The van der Waals surface area contributed by atoms with E-state index in [9.17, 15) is 9.59 Å². The molecule has 0 spiro atoms. The molecule has 1 aromatic carbocycles. The molecule has 0 radical (unpaired) electrons. The second kappa shape index (κ2) is 10.5. The zero-order valence-corrected chi connectivity index (χ0v) is 22.2. The molecule has 36 heavy (non-hydrogen) atoms. The fourth-order valence-corrected chi connectivity index (χ4v) is 6.36. The molecule has 3 heterocycles. The van der Waals surface area contributed by atoms with Crippen LogP contribution in [-0.4, -0.2) is 47.6 Å². The van der Waals surface area contributed by atoms with E-state index in [-0.39, 0.29) is 24.1 Å². The van der Waals surface area contributed by atoms with Crippen LogP contribution in [0, 0.1) is 26.7 Å². The van der Waals surface area contributed by atoms with Gasteiger partial charge in [0.05, 0.1) is 5.02 Å². The van der Waals surface area contributed by atoms with Crippen molar-refractivity contribution in [3.63, 3.8) is 0 Å². The lowest BCUT2D eigenvalue weighted by Gasteiger charge is -2.39. The number of benzene rings is 1. The number of hydrogen-bond acceptors (Lipinski definition) is 5. The number of amides is 1. The Hall–Kier alpha value is -2.51. The number of hydrogen-bond donors (Lipinski definition) is 2. The van der Waals surface area contributed by atoms with Gasteiger partial charge in [-0.25, -0.2) is 0 Å². The maximum Gasteiger partial charge on any atom is 0.253 e. The van der Waals surface area contributed by atoms with Crippen molar-refractivity contribution in [3.8, 4) is 11.5 Å². The molecule has 2 fully saturated rings. The van der Waals surface area contributed by atoms with Crippen LogP contribution in [0.15, 0.2) is 16.9 Å². The third kappa shape index (κ3) is 5.00. The highest BCUT2D eigenvalue weighted by Gasteiger charge is 2.36. The lowest BCUT2D eigenvalue weighted by molar-refractivity contribution is 0.0218. The summed E-state index contributed by atoms with van der Waals surface area (Å²) in [5.41, 5.74) is 3.13. The number of carbonyl (C=O) groups is 1. The highest BCUT2D eigenvalue weighted by atomic mass is 35.5. The summed E-state index contributed by atoms with van der Waals surface area (Å²) >= 11 is 6.53. The molecule has 1 aromatic heterocycles. The Bertz CT molecular complexity index is 1200. The van der Waals surface area contributed by atoms with Gasteiger partial charge >= 0.3 is 0 Å². The molecule has 1 unspecified atom stereocenters. The summed E-state index contributed by atoms with van der Waals surface area (Å²) in [5, 5.41) is 3.24. The van der Waals surface area contributed by atoms with Crippen molar-refractivity contribution in [3.05, 3.63) is 55.5 Å². The first kappa shape index (κ1) is 25.2. The van der Waals surface area contributed by atoms with Gasteiger partial charge in [0.2, 0.25) is 0 Å². The van der Waals surface area contributed by atoms with Crippen LogP contribution in [0.1, 0.15) is 71.3 Å². The van der Waals surface area contributed by atoms with Gasteiger partial charge in [-0.15, -0.1) is 0 Å². The fourth-order valence-electron chi connectivity index (χ4n) is 6.11. The molecule has 1 aliphatic carbocycles. The molecular weight excluding hydrogens is 478 g/mol. The Labute approximate surface area is 217 Å². The number of nitrogens with one attached hydrogen (secondary N) is 2. The molecule has 7 nitrogen and oxygen atoms in total. The van der Waals surface area contributed by atoms with Gasteiger partial charge in [0.15, 0.2) is 11.5 Å². The summed E-state index contributed by atoms with van der Waals surface area (Å²) in [6.07, 6.45) is 7.28. The van der Waals surface area contributed by atoms with E-state index in [1.54, 1.807) is 6.07 Å². The minimum absolute atomic E-state index is 0.0427. The van der Waals surface area contributed by atoms with Crippen molar-refractivity contribution in [2.45, 2.75) is 78.0 Å². The average molecular weight is 514 g/mol. The summed E-state index contributed by atoms with van der Waals surface area (Å²) in [5.74, 6) is 1.21. The van der Waals surface area contributed by atoms with Crippen LogP contribution in [0.5, 0.6) is 11.5 Å². The van der Waals surface area contributed by atoms with Crippen LogP contribution in [0.25, 0.3) is 0 Å². The van der Waals surface area contributed by atoms with Gasteiger partial charge in [-0.2, -0.15) is 0 Å². The third-order valence-electron chi connectivity index (χ3n) is 8.19. The minimum Gasteiger partial charge on any atom is -0.484 e. The molecule has 1 saturated carbocycles. The number of nitrogens with zero attached hydrogens (tertiary/aromatic N) is 1. The Morgan fingerprint density at radius 2 is 1.83 bits per heavy atom. The normalized spacial score (nSPS) is 24.1. The SMILES string of the molecule is Cc1cc(C)c(CNC(=O)c2cc(Cl)c3c(c2C)OC(C2CCC(N4CCCC4)CC2)CO3)c(=O)[nH]1. The number of aromatic amines is 1. The highest BCUT2D eigenvalue weighted by molar-refractivity contribution is 6.32. The topological polar surface area (TPSA) is 83.7 Å². The molecule has 2 aliphatic heterocycles. The molecule has 194 valence electrons. The molecule has 2 aromatic rings. The first-order valence-corrected chi connectivity index (χ1v) is 13.5. The van der Waals surface area contributed by atoms with Gasteiger partial charge in [0, 0.05) is 35.0 Å². The number of ether oxygens (including phenoxy) is 2. The van der Waals surface area contributed by atoms with Crippen LogP contribution in [0.4, 0.5) is 0 Å². The largest absolute Gasteiger partial charge is 0.484 e. The van der Waals surface area contributed by atoms with Crippen LogP contribution in [0.2, 0.25) is 5.02 Å². The first-order chi connectivity index (χ1) is 17.3. The van der Waals surface area contributed by atoms with E-state index < -0.39 is 0 Å². The van der Waals surface area contributed by atoms with Crippen LogP contribution < -0.4 is 20.3 Å². The number of halogens is 1. The summed E-state index contributed by atoms with van der Waals surface area (Å²) in [7, 11) is 0. The van der Waals surface area contributed by atoms with Crippen LogP contribution >= 0.6 is 11.6 Å². The summed E-state index contributed by atoms with van der Waals surface area (Å²) in [6.45, 7) is 8.67. The van der Waals surface area contributed by atoms with Gasteiger partial charge in [0.25, 0.3) is 11.5 Å². The Balaban J connectivity index is 1.28. The number of carbonyl (C=O) groups excluding carboxylic acids is 1. The zero-order chi connectivity index (χ0) is 25.4. The predicted molar refractivity (Wildman–Crippen MR) is 140 cm³/mol. The maximum atomic E-state index is 13.1. The van der Waals surface area contributed by atoms with Crippen LogP contribution in [-0.2, 0) is 6.54 Å². The first-order valence-electron chi connectivity index (χ1n) is 13.2. The maximum absolute atomic E-state index is 13.1. The van der Waals surface area contributed by atoms with Crippen LogP contribution in [0.3, 0.4) is 0 Å². The number of aryl methyl sites for hydroxylation is 2. The van der Waals surface area contributed by atoms with Gasteiger partial charge in [-0.05, 0) is 96.0 Å². The van der Waals surface area contributed by atoms with E-state index >= 15 is 0 Å². The molecule has 1 amide bonds. The molecule has 1 atom stereocenters. The molecule has 2 N–H and O–H groups in total. The summed E-state index contributed by atoms with van der Waals surface area (Å²) < 4.78 is 12.6. The summed E-state index contributed by atoms with van der Waals surface area (Å²) in [4.78, 5) is 30.9. The van der Waals surface area contributed by atoms with Gasteiger partial charge in [0.1, 0.15) is 12.7 Å². The van der Waals surface area contributed by atoms with E-state index in [1.165, 1.54) is 38.8 Å². The van der Waals surface area contributed by atoms with Gasteiger partial charge in [-0.1, -0.05) is 11.6 Å². The molecule has 3 aliphatic rings. The minimum atomic E-state index is -0.298. The number of rotatable bonds is 5. The third-order valence-corrected chi connectivity index (χ3v) is 8.47. The lowest BCUT2D eigenvalue weighted by atomic mass is 9.82. The van der Waals surface area contributed by atoms with E-state index in [2.05, 4.69) is 15.2 Å². The molecule has 1 saturated heterocycles. The van der Waals surface area contributed by atoms with Crippen molar-refractivity contribution in [2.75, 3.05) is 19.7 Å². The average Bonchev–Trinajstić information content (AvgIpc) is 3.40. The Morgan fingerprint density at radius 3 is 2.53 bits per heavy atom. The van der Waals surface area contributed by atoms with E-state index in [4.69, 9.17) is 21.1 Å². The second-order valence-electron chi connectivity index (χ2n) is 10.6. The second-order valence-corrected chi connectivity index (χ2v) is 11.0. The van der Waals surface area contributed by atoms with Crippen molar-refractivity contribution in [1.29, 1.82) is 0 Å². The fraction of sp³-hybridized carbons (Fsp3) is 0.571. The van der Waals surface area contributed by atoms with Crippen molar-refractivity contribution in [1.82, 2.24) is 15.2 Å². The molecular formula is C28H36ClN3O4.